The summed E-state index contributed by atoms with van der Waals surface area (Å²) in [4.78, 5) is 25.7. The molecule has 1 aromatic carbocycles. The number of carbonyl (C=O) groups excluding carboxylic acids is 2. The molecule has 5 aliphatic carbocycles. The van der Waals surface area contributed by atoms with Gasteiger partial charge in [0.25, 0.3) is 5.91 Å². The van der Waals surface area contributed by atoms with Crippen molar-refractivity contribution in [3.05, 3.63) is 29.8 Å². The van der Waals surface area contributed by atoms with Gasteiger partial charge in [0.1, 0.15) is 0 Å². The molecule has 0 aromatic heterocycles. The zero-order valence-corrected chi connectivity index (χ0v) is 14.6. The molecule has 0 radical (unpaired) electrons. The van der Waals surface area contributed by atoms with E-state index in [9.17, 15) is 9.59 Å². The van der Waals surface area contributed by atoms with Gasteiger partial charge >= 0.3 is 0 Å². The Morgan fingerprint density at radius 1 is 0.920 bits per heavy atom. The Hall–Kier alpha value is -1.84. The smallest absolute Gasteiger partial charge is 0.253 e. The first-order valence-corrected chi connectivity index (χ1v) is 9.83. The predicted molar refractivity (Wildman–Crippen MR) is 96.2 cm³/mol. The number of benzene rings is 1. The summed E-state index contributed by atoms with van der Waals surface area (Å²) in [7, 11) is 0. The molecule has 132 valence electrons. The van der Waals surface area contributed by atoms with Crippen molar-refractivity contribution in [3.8, 4) is 0 Å². The molecule has 2 N–H and O–H groups in total. The minimum Gasteiger partial charge on any atom is -0.349 e. The average Bonchev–Trinajstić information content (AvgIpc) is 3.38. The van der Waals surface area contributed by atoms with E-state index in [0.29, 0.717) is 17.3 Å². The second kappa shape index (κ2) is 5.58. The summed E-state index contributed by atoms with van der Waals surface area (Å²) in [6, 6.07) is 7.75. The van der Waals surface area contributed by atoms with E-state index in [0.717, 1.165) is 49.9 Å². The van der Waals surface area contributed by atoms with Gasteiger partial charge in [0, 0.05) is 6.04 Å². The Morgan fingerprint density at radius 3 is 2.12 bits per heavy atom. The maximum Gasteiger partial charge on any atom is 0.253 e. The van der Waals surface area contributed by atoms with Gasteiger partial charge in [0.2, 0.25) is 5.91 Å². The second-order valence-electron chi connectivity index (χ2n) is 8.95. The molecule has 6 rings (SSSR count). The number of rotatable bonds is 4. The van der Waals surface area contributed by atoms with Crippen LogP contribution in [0.2, 0.25) is 0 Å². The summed E-state index contributed by atoms with van der Waals surface area (Å²) >= 11 is 0. The third kappa shape index (κ3) is 2.76. The number of hydrogen-bond donors (Lipinski definition) is 2. The number of nitrogens with one attached hydrogen (secondary N) is 2. The van der Waals surface area contributed by atoms with Gasteiger partial charge < -0.3 is 10.6 Å². The molecule has 25 heavy (non-hydrogen) atoms. The highest BCUT2D eigenvalue weighted by Gasteiger charge is 2.54. The minimum absolute atomic E-state index is 0.0658. The third-order valence-corrected chi connectivity index (χ3v) is 6.85. The molecule has 0 saturated heterocycles. The summed E-state index contributed by atoms with van der Waals surface area (Å²) in [6.07, 6.45) is 9.23. The van der Waals surface area contributed by atoms with Crippen LogP contribution in [0.25, 0.3) is 0 Å². The Morgan fingerprint density at radius 2 is 1.52 bits per heavy atom. The molecule has 4 heteroatoms. The van der Waals surface area contributed by atoms with E-state index in [1.165, 1.54) is 19.3 Å². The highest BCUT2D eigenvalue weighted by Crippen LogP contribution is 2.60. The quantitative estimate of drug-likeness (QED) is 0.879. The molecule has 0 heterocycles. The second-order valence-corrected chi connectivity index (χ2v) is 8.95. The number of hydrogen-bond acceptors (Lipinski definition) is 2. The molecule has 0 unspecified atom stereocenters. The molecule has 4 bridgehead atoms. The van der Waals surface area contributed by atoms with E-state index in [1.807, 2.05) is 24.3 Å². The lowest BCUT2D eigenvalue weighted by Crippen LogP contribution is -2.51. The Labute approximate surface area is 148 Å². The van der Waals surface area contributed by atoms with Gasteiger partial charge in [-0.1, -0.05) is 12.1 Å². The summed E-state index contributed by atoms with van der Waals surface area (Å²) in [6.45, 7) is 0. The van der Waals surface area contributed by atoms with Crippen LogP contribution in [0.4, 0.5) is 5.69 Å². The van der Waals surface area contributed by atoms with Crippen LogP contribution in [0.3, 0.4) is 0 Å². The van der Waals surface area contributed by atoms with Crippen LogP contribution in [-0.4, -0.2) is 17.9 Å². The van der Waals surface area contributed by atoms with Crippen LogP contribution in [0.1, 0.15) is 61.7 Å². The number of anilines is 1. The number of carbonyl (C=O) groups is 2. The van der Waals surface area contributed by atoms with Crippen LogP contribution >= 0.6 is 0 Å². The number of para-hydroxylation sites is 1. The Bertz CT molecular complexity index is 687. The van der Waals surface area contributed by atoms with Gasteiger partial charge in [-0.25, -0.2) is 0 Å². The summed E-state index contributed by atoms with van der Waals surface area (Å²) in [5.74, 6) is 2.31. The summed E-state index contributed by atoms with van der Waals surface area (Å²) < 4.78 is 0. The Kier molecular flexibility index (Phi) is 3.44. The molecule has 0 spiro atoms. The molecule has 5 aliphatic rings. The van der Waals surface area contributed by atoms with Crippen molar-refractivity contribution in [2.75, 3.05) is 5.32 Å². The van der Waals surface area contributed by atoms with E-state index in [1.54, 1.807) is 0 Å². The maximum absolute atomic E-state index is 13.2. The third-order valence-electron chi connectivity index (χ3n) is 6.85. The monoisotopic (exact) mass is 338 g/mol. The van der Waals surface area contributed by atoms with Gasteiger partial charge in [-0.2, -0.15) is 0 Å². The molecule has 0 aliphatic heterocycles. The maximum atomic E-state index is 13.2. The van der Waals surface area contributed by atoms with Crippen molar-refractivity contribution in [2.45, 2.75) is 57.4 Å². The zero-order valence-electron chi connectivity index (χ0n) is 14.6. The zero-order chi connectivity index (χ0) is 17.0. The van der Waals surface area contributed by atoms with Crippen molar-refractivity contribution in [1.29, 1.82) is 0 Å². The Balaban J connectivity index is 1.37. The molecule has 1 aromatic rings. The molecule has 4 nitrogen and oxygen atoms in total. The van der Waals surface area contributed by atoms with E-state index >= 15 is 0 Å². The fraction of sp³-hybridized carbons (Fsp3) is 0.619. The standard InChI is InChI=1S/C21H26N2O2/c24-19(22-16-5-6-16)17-3-1-2-4-18(17)23-20(25)21-10-13-7-14(11-21)9-15(8-13)12-21/h1-4,13-16H,5-12H2,(H,22,24)(H,23,25). The molecule has 5 fully saturated rings. The van der Waals surface area contributed by atoms with Crippen molar-refractivity contribution in [2.24, 2.45) is 23.2 Å². The first kappa shape index (κ1) is 15.4. The van der Waals surface area contributed by atoms with Gasteiger partial charge in [-0.05, 0) is 81.3 Å². The lowest BCUT2D eigenvalue weighted by Gasteiger charge is -2.55. The summed E-state index contributed by atoms with van der Waals surface area (Å²) in [5.41, 5.74) is 1.07. The molecule has 2 amide bonds. The van der Waals surface area contributed by atoms with E-state index < -0.39 is 0 Å². The minimum atomic E-state index is -0.186. The first-order chi connectivity index (χ1) is 12.1. The van der Waals surface area contributed by atoms with Gasteiger partial charge in [0.15, 0.2) is 0 Å². The number of amides is 2. The SMILES string of the molecule is O=C(NC1CC1)c1ccccc1NC(=O)C12CC3CC(CC(C3)C1)C2. The normalized spacial score (nSPS) is 35.4. The van der Waals surface area contributed by atoms with Crippen LogP contribution in [0.5, 0.6) is 0 Å². The first-order valence-electron chi connectivity index (χ1n) is 9.83. The predicted octanol–water partition coefficient (Wildman–Crippen LogP) is 3.73. The largest absolute Gasteiger partial charge is 0.349 e. The highest BCUT2D eigenvalue weighted by atomic mass is 16.2. The van der Waals surface area contributed by atoms with Crippen LogP contribution in [-0.2, 0) is 4.79 Å². The lowest BCUT2D eigenvalue weighted by molar-refractivity contribution is -0.140. The average molecular weight is 338 g/mol. The summed E-state index contributed by atoms with van der Waals surface area (Å²) in [5, 5.41) is 6.17. The lowest BCUT2D eigenvalue weighted by atomic mass is 9.49. The van der Waals surface area contributed by atoms with Crippen LogP contribution < -0.4 is 10.6 Å². The molecule has 5 saturated carbocycles. The van der Waals surface area contributed by atoms with Crippen molar-refractivity contribution >= 4 is 17.5 Å². The molecular formula is C21H26N2O2. The molecular weight excluding hydrogens is 312 g/mol. The van der Waals surface area contributed by atoms with Crippen molar-refractivity contribution < 1.29 is 9.59 Å². The fourth-order valence-corrected chi connectivity index (χ4v) is 5.92. The van der Waals surface area contributed by atoms with Crippen molar-refractivity contribution in [3.63, 3.8) is 0 Å². The van der Waals surface area contributed by atoms with E-state index in [-0.39, 0.29) is 17.2 Å². The van der Waals surface area contributed by atoms with Gasteiger partial charge in [-0.15, -0.1) is 0 Å². The van der Waals surface area contributed by atoms with Gasteiger partial charge in [0.05, 0.1) is 16.7 Å². The van der Waals surface area contributed by atoms with E-state index in [2.05, 4.69) is 10.6 Å². The topological polar surface area (TPSA) is 58.2 Å². The van der Waals surface area contributed by atoms with Gasteiger partial charge in [-0.3, -0.25) is 9.59 Å². The van der Waals surface area contributed by atoms with E-state index in [4.69, 9.17) is 0 Å². The van der Waals surface area contributed by atoms with Crippen LogP contribution in [0, 0.1) is 23.2 Å². The fourth-order valence-electron chi connectivity index (χ4n) is 5.92. The van der Waals surface area contributed by atoms with Crippen LogP contribution in [0.15, 0.2) is 24.3 Å². The highest BCUT2D eigenvalue weighted by molar-refractivity contribution is 6.05. The van der Waals surface area contributed by atoms with Crippen molar-refractivity contribution in [1.82, 2.24) is 5.32 Å². The molecule has 0 atom stereocenters.